The van der Waals surface area contributed by atoms with Crippen molar-refractivity contribution < 1.29 is 14.3 Å². The highest BCUT2D eigenvalue weighted by Crippen LogP contribution is 2.38. The van der Waals surface area contributed by atoms with E-state index in [0.717, 1.165) is 18.7 Å². The van der Waals surface area contributed by atoms with E-state index in [1.807, 2.05) is 0 Å². The molecule has 2 aliphatic rings. The molecular formula is C16H16N6O3. The Hall–Kier alpha value is -3.23. The van der Waals surface area contributed by atoms with Crippen molar-refractivity contribution in [3.05, 3.63) is 36.4 Å². The molecule has 0 aromatic carbocycles. The smallest absolute Gasteiger partial charge is 0.376 e. The van der Waals surface area contributed by atoms with E-state index in [1.54, 1.807) is 35.5 Å². The summed E-state index contributed by atoms with van der Waals surface area (Å²) in [5, 5.41) is 2.78. The number of carbonyl (C=O) groups is 2. The van der Waals surface area contributed by atoms with Gasteiger partial charge in [-0.25, -0.2) is 24.5 Å². The van der Waals surface area contributed by atoms with Crippen LogP contribution in [0, 0.1) is 0 Å². The summed E-state index contributed by atoms with van der Waals surface area (Å²) in [7, 11) is 1.27. The normalized spacial score (nSPS) is 17.9. The number of rotatable bonds is 2. The van der Waals surface area contributed by atoms with Crippen LogP contribution < -0.4 is 15.1 Å². The molecule has 4 heterocycles. The standard InChI is InChI=1S/C16H16N6O3/c1-25-15(23)13-18-8-11-14(20-13)22(10-5-7-21(11)9-10)16(24)19-12-4-2-3-6-17-12/h2-4,6,8,10H,5,7,9H2,1H3,(H,17,19,24). The molecule has 2 aromatic rings. The van der Waals surface area contributed by atoms with Crippen molar-refractivity contribution in [1.29, 1.82) is 0 Å². The molecule has 9 nitrogen and oxygen atoms in total. The van der Waals surface area contributed by atoms with E-state index in [1.165, 1.54) is 7.11 Å². The molecular weight excluding hydrogens is 324 g/mol. The lowest BCUT2D eigenvalue weighted by Crippen LogP contribution is -2.48. The first-order valence-corrected chi connectivity index (χ1v) is 7.89. The first-order valence-electron chi connectivity index (χ1n) is 7.89. The average Bonchev–Trinajstić information content (AvgIpc) is 3.06. The van der Waals surface area contributed by atoms with Gasteiger partial charge in [-0.3, -0.25) is 10.2 Å². The van der Waals surface area contributed by atoms with Crippen LogP contribution in [0.2, 0.25) is 0 Å². The van der Waals surface area contributed by atoms with E-state index >= 15 is 0 Å². The monoisotopic (exact) mass is 340 g/mol. The molecule has 1 saturated heterocycles. The number of urea groups is 1. The SMILES string of the molecule is COC(=O)c1ncc2c(n1)N(C(=O)Nc1ccccn1)C1CCN2C1. The number of hydrogen-bond donors (Lipinski definition) is 1. The van der Waals surface area contributed by atoms with E-state index in [9.17, 15) is 9.59 Å². The molecule has 1 fully saturated rings. The predicted octanol–water partition coefficient (Wildman–Crippen LogP) is 1.29. The van der Waals surface area contributed by atoms with Crippen LogP contribution in [0.1, 0.15) is 17.0 Å². The maximum atomic E-state index is 12.8. The van der Waals surface area contributed by atoms with Crippen molar-refractivity contribution in [2.45, 2.75) is 12.5 Å². The fourth-order valence-corrected chi connectivity index (χ4v) is 3.17. The van der Waals surface area contributed by atoms with Gasteiger partial charge < -0.3 is 9.64 Å². The van der Waals surface area contributed by atoms with Crippen LogP contribution in [0.4, 0.5) is 22.1 Å². The van der Waals surface area contributed by atoms with Gasteiger partial charge in [0.25, 0.3) is 0 Å². The van der Waals surface area contributed by atoms with Gasteiger partial charge in [0, 0.05) is 19.3 Å². The van der Waals surface area contributed by atoms with Crippen molar-refractivity contribution in [3.63, 3.8) is 0 Å². The van der Waals surface area contributed by atoms with E-state index in [2.05, 4.69) is 29.9 Å². The first kappa shape index (κ1) is 15.3. The van der Waals surface area contributed by atoms with Gasteiger partial charge in [-0.05, 0) is 18.6 Å². The molecule has 2 aliphatic heterocycles. The number of aromatic nitrogens is 3. The van der Waals surface area contributed by atoms with Crippen LogP contribution in [0.5, 0.6) is 0 Å². The lowest BCUT2D eigenvalue weighted by molar-refractivity contribution is 0.0586. The molecule has 0 spiro atoms. The number of amides is 2. The highest BCUT2D eigenvalue weighted by atomic mass is 16.5. The number of carbonyl (C=O) groups excluding carboxylic acids is 2. The Kier molecular flexibility index (Phi) is 3.68. The molecule has 9 heteroatoms. The Balaban J connectivity index is 1.71. The maximum Gasteiger partial charge on any atom is 0.376 e. The second-order valence-electron chi connectivity index (χ2n) is 5.80. The van der Waals surface area contributed by atoms with Crippen LogP contribution in [0.15, 0.2) is 30.6 Å². The highest BCUT2D eigenvalue weighted by Gasteiger charge is 2.41. The number of esters is 1. The minimum Gasteiger partial charge on any atom is -0.463 e. The zero-order chi connectivity index (χ0) is 17.4. The third kappa shape index (κ3) is 2.63. The van der Waals surface area contributed by atoms with Crippen LogP contribution in [0.3, 0.4) is 0 Å². The summed E-state index contributed by atoms with van der Waals surface area (Å²) in [6, 6.07) is 4.93. The van der Waals surface area contributed by atoms with Crippen molar-refractivity contribution in [2.24, 2.45) is 0 Å². The molecule has 25 heavy (non-hydrogen) atoms. The lowest BCUT2D eigenvalue weighted by Gasteiger charge is -2.35. The summed E-state index contributed by atoms with van der Waals surface area (Å²) in [6.07, 6.45) is 3.99. The zero-order valence-electron chi connectivity index (χ0n) is 13.5. The number of anilines is 3. The third-order valence-electron chi connectivity index (χ3n) is 4.33. The molecule has 1 unspecified atom stereocenters. The number of nitrogens with one attached hydrogen (secondary N) is 1. The zero-order valence-corrected chi connectivity index (χ0v) is 13.5. The largest absolute Gasteiger partial charge is 0.463 e. The molecule has 0 saturated carbocycles. The Labute approximate surface area is 143 Å². The van der Waals surface area contributed by atoms with Gasteiger partial charge in [-0.2, -0.15) is 0 Å². The molecule has 0 radical (unpaired) electrons. The Bertz CT molecular complexity index is 828. The topological polar surface area (TPSA) is 101 Å². The summed E-state index contributed by atoms with van der Waals surface area (Å²) in [5.74, 6) is 0.162. The highest BCUT2D eigenvalue weighted by molar-refractivity contribution is 6.04. The van der Waals surface area contributed by atoms with Gasteiger partial charge >= 0.3 is 12.0 Å². The van der Waals surface area contributed by atoms with Crippen molar-refractivity contribution in [1.82, 2.24) is 15.0 Å². The Morgan fingerprint density at radius 2 is 2.20 bits per heavy atom. The maximum absolute atomic E-state index is 12.8. The number of nitrogens with zero attached hydrogens (tertiary/aromatic N) is 5. The van der Waals surface area contributed by atoms with Crippen LogP contribution >= 0.6 is 0 Å². The fourth-order valence-electron chi connectivity index (χ4n) is 3.17. The molecule has 1 atom stereocenters. The third-order valence-corrected chi connectivity index (χ3v) is 4.33. The van der Waals surface area contributed by atoms with E-state index < -0.39 is 5.97 Å². The fraction of sp³-hybridized carbons (Fsp3) is 0.312. The van der Waals surface area contributed by atoms with Crippen LogP contribution in [-0.2, 0) is 4.74 Å². The molecule has 4 rings (SSSR count). The first-order chi connectivity index (χ1) is 12.2. The van der Waals surface area contributed by atoms with Gasteiger partial charge in [0.2, 0.25) is 5.82 Å². The summed E-state index contributed by atoms with van der Waals surface area (Å²) in [6.45, 7) is 1.52. The van der Waals surface area contributed by atoms with Gasteiger partial charge in [0.15, 0.2) is 5.82 Å². The van der Waals surface area contributed by atoms with E-state index in [0.29, 0.717) is 18.2 Å². The average molecular weight is 340 g/mol. The molecule has 1 N–H and O–H groups in total. The predicted molar refractivity (Wildman–Crippen MR) is 89.7 cm³/mol. The van der Waals surface area contributed by atoms with Gasteiger partial charge in [0.1, 0.15) is 5.82 Å². The van der Waals surface area contributed by atoms with Crippen molar-refractivity contribution in [3.8, 4) is 0 Å². The molecule has 2 amide bonds. The molecule has 2 bridgehead atoms. The van der Waals surface area contributed by atoms with Crippen molar-refractivity contribution >= 4 is 29.3 Å². The van der Waals surface area contributed by atoms with Gasteiger partial charge in [-0.1, -0.05) is 6.07 Å². The number of fused-ring (bicyclic) bond motifs is 4. The second kappa shape index (κ2) is 6.00. The second-order valence-corrected chi connectivity index (χ2v) is 5.80. The van der Waals surface area contributed by atoms with Crippen molar-refractivity contribution in [2.75, 3.05) is 35.3 Å². The Morgan fingerprint density at radius 1 is 1.32 bits per heavy atom. The lowest BCUT2D eigenvalue weighted by atomic mass is 10.2. The Morgan fingerprint density at radius 3 is 2.96 bits per heavy atom. The number of methoxy groups -OCH3 is 1. The van der Waals surface area contributed by atoms with E-state index in [4.69, 9.17) is 0 Å². The summed E-state index contributed by atoms with van der Waals surface area (Å²) in [5.41, 5.74) is 0.734. The quantitative estimate of drug-likeness (QED) is 0.822. The number of pyridine rings is 1. The van der Waals surface area contributed by atoms with Gasteiger partial charge in [0.05, 0.1) is 25.0 Å². The summed E-state index contributed by atoms with van der Waals surface area (Å²) >= 11 is 0. The summed E-state index contributed by atoms with van der Waals surface area (Å²) < 4.78 is 4.68. The minimum atomic E-state index is -0.638. The van der Waals surface area contributed by atoms with Crippen LogP contribution in [0.25, 0.3) is 0 Å². The molecule has 128 valence electrons. The van der Waals surface area contributed by atoms with Crippen LogP contribution in [-0.4, -0.2) is 53.2 Å². The number of ether oxygens (including phenoxy) is 1. The molecule has 0 aliphatic carbocycles. The minimum absolute atomic E-state index is 0.0170. The summed E-state index contributed by atoms with van der Waals surface area (Å²) in [4.78, 5) is 40.8. The number of hydrogen-bond acceptors (Lipinski definition) is 7. The van der Waals surface area contributed by atoms with Gasteiger partial charge in [-0.15, -0.1) is 0 Å². The van der Waals surface area contributed by atoms with E-state index in [-0.39, 0.29) is 17.9 Å². The molecule has 2 aromatic heterocycles.